The maximum Gasteiger partial charge on any atom is 0.129 e. The number of hydrogen-bond acceptors (Lipinski definition) is 3. The van der Waals surface area contributed by atoms with E-state index in [1.165, 1.54) is 5.56 Å². The molecule has 0 aliphatic carbocycles. The van der Waals surface area contributed by atoms with Crippen LogP contribution in [0, 0.1) is 6.92 Å². The number of anilines is 1. The van der Waals surface area contributed by atoms with E-state index in [1.807, 2.05) is 43.4 Å². The first-order valence-electron chi connectivity index (χ1n) is 6.63. The zero-order valence-electron chi connectivity index (χ0n) is 11.8. The van der Waals surface area contributed by atoms with Crippen LogP contribution < -0.4 is 5.32 Å². The Balaban J connectivity index is 2.01. The number of hydrogen-bond donors (Lipinski definition) is 2. The Labute approximate surface area is 128 Å². The van der Waals surface area contributed by atoms with E-state index in [-0.39, 0.29) is 0 Å². The van der Waals surface area contributed by atoms with Gasteiger partial charge in [0.2, 0.25) is 0 Å². The third kappa shape index (κ3) is 2.76. The fourth-order valence-electron chi connectivity index (χ4n) is 2.23. The van der Waals surface area contributed by atoms with Crippen LogP contribution in [0.4, 0.5) is 5.82 Å². The molecule has 4 nitrogen and oxygen atoms in total. The molecular weight excluding hydrogens is 284 g/mol. The molecule has 0 saturated carbocycles. The lowest BCUT2D eigenvalue weighted by Gasteiger charge is -2.05. The number of H-pyrrole nitrogens is 1. The summed E-state index contributed by atoms with van der Waals surface area (Å²) in [5, 5.41) is 3.74. The first kappa shape index (κ1) is 13.6. The summed E-state index contributed by atoms with van der Waals surface area (Å²) in [6.07, 6.45) is 1.55. The lowest BCUT2D eigenvalue weighted by Crippen LogP contribution is -1.94. The molecule has 2 aromatic heterocycles. The molecule has 5 heteroatoms. The highest BCUT2D eigenvalue weighted by molar-refractivity contribution is 6.30. The number of aromatic amines is 1. The van der Waals surface area contributed by atoms with Gasteiger partial charge in [0.1, 0.15) is 12.1 Å². The van der Waals surface area contributed by atoms with Gasteiger partial charge in [0.25, 0.3) is 0 Å². The van der Waals surface area contributed by atoms with Gasteiger partial charge in [-0.1, -0.05) is 17.7 Å². The average molecular weight is 299 g/mol. The van der Waals surface area contributed by atoms with Crippen LogP contribution in [0.3, 0.4) is 0 Å². The molecule has 106 valence electrons. The second-order valence-corrected chi connectivity index (χ2v) is 5.22. The first-order valence-corrected chi connectivity index (χ1v) is 7.01. The van der Waals surface area contributed by atoms with E-state index < -0.39 is 0 Å². The quantitative estimate of drug-likeness (QED) is 0.764. The van der Waals surface area contributed by atoms with Crippen LogP contribution in [0.1, 0.15) is 5.56 Å². The van der Waals surface area contributed by atoms with Crippen LogP contribution in [-0.4, -0.2) is 22.0 Å². The highest BCUT2D eigenvalue weighted by Gasteiger charge is 2.08. The van der Waals surface area contributed by atoms with Crippen molar-refractivity contribution in [2.45, 2.75) is 6.92 Å². The molecule has 2 N–H and O–H groups in total. The van der Waals surface area contributed by atoms with Crippen molar-refractivity contribution in [1.29, 1.82) is 0 Å². The fraction of sp³-hybridized carbons (Fsp3) is 0.125. The normalized spacial score (nSPS) is 10.6. The van der Waals surface area contributed by atoms with Crippen molar-refractivity contribution in [2.75, 3.05) is 12.4 Å². The van der Waals surface area contributed by atoms with E-state index in [9.17, 15) is 0 Å². The standard InChI is InChI=1S/C16H15ClN4/c1-10-3-4-11(17)7-12(10)13-5-6-14(21-13)15-8-16(18-2)20-9-19-15/h3-9,21H,1-2H3,(H,18,19,20). The zero-order chi connectivity index (χ0) is 14.8. The number of rotatable bonds is 3. The maximum atomic E-state index is 6.09. The van der Waals surface area contributed by atoms with Crippen LogP contribution in [0.5, 0.6) is 0 Å². The second kappa shape index (κ2) is 5.58. The third-order valence-corrected chi connectivity index (χ3v) is 3.61. The van der Waals surface area contributed by atoms with Gasteiger partial charge in [0.05, 0.1) is 11.4 Å². The summed E-state index contributed by atoms with van der Waals surface area (Å²) in [6, 6.07) is 11.8. The summed E-state index contributed by atoms with van der Waals surface area (Å²) in [5.41, 5.74) is 5.08. The van der Waals surface area contributed by atoms with E-state index in [2.05, 4.69) is 27.2 Å². The van der Waals surface area contributed by atoms with Crippen molar-refractivity contribution in [3.63, 3.8) is 0 Å². The summed E-state index contributed by atoms with van der Waals surface area (Å²) in [5.74, 6) is 0.787. The van der Waals surface area contributed by atoms with Gasteiger partial charge >= 0.3 is 0 Å². The number of halogens is 1. The summed E-state index contributed by atoms with van der Waals surface area (Å²) < 4.78 is 0. The summed E-state index contributed by atoms with van der Waals surface area (Å²) in [4.78, 5) is 11.8. The van der Waals surface area contributed by atoms with Gasteiger partial charge < -0.3 is 10.3 Å². The SMILES string of the molecule is CNc1cc(-c2ccc(-c3cc(Cl)ccc3C)[nH]2)ncn1. The van der Waals surface area contributed by atoms with Crippen molar-refractivity contribution in [3.8, 4) is 22.6 Å². The molecular formula is C16H15ClN4. The fourth-order valence-corrected chi connectivity index (χ4v) is 2.40. The Morgan fingerprint density at radius 2 is 1.86 bits per heavy atom. The van der Waals surface area contributed by atoms with E-state index in [0.29, 0.717) is 0 Å². The topological polar surface area (TPSA) is 53.6 Å². The van der Waals surface area contributed by atoms with Crippen LogP contribution in [0.25, 0.3) is 22.6 Å². The van der Waals surface area contributed by atoms with E-state index in [4.69, 9.17) is 11.6 Å². The van der Waals surface area contributed by atoms with Gasteiger partial charge in [0.15, 0.2) is 0 Å². The van der Waals surface area contributed by atoms with Gasteiger partial charge in [-0.3, -0.25) is 0 Å². The Hall–Kier alpha value is -2.33. The minimum atomic E-state index is 0.728. The van der Waals surface area contributed by atoms with Crippen molar-refractivity contribution in [3.05, 3.63) is 53.3 Å². The van der Waals surface area contributed by atoms with E-state index in [1.54, 1.807) is 6.33 Å². The van der Waals surface area contributed by atoms with Gasteiger partial charge in [-0.15, -0.1) is 0 Å². The zero-order valence-corrected chi connectivity index (χ0v) is 12.6. The second-order valence-electron chi connectivity index (χ2n) is 4.78. The Kier molecular flexibility index (Phi) is 3.62. The molecule has 0 aliphatic rings. The van der Waals surface area contributed by atoms with Crippen LogP contribution in [0.2, 0.25) is 5.02 Å². The molecule has 0 bridgehead atoms. The molecule has 3 aromatic rings. The molecule has 0 radical (unpaired) electrons. The Morgan fingerprint density at radius 3 is 2.67 bits per heavy atom. The van der Waals surface area contributed by atoms with Gasteiger partial charge in [0, 0.05) is 29.4 Å². The average Bonchev–Trinajstić information content (AvgIpc) is 2.99. The minimum Gasteiger partial charge on any atom is -0.373 e. The van der Waals surface area contributed by atoms with Gasteiger partial charge in [-0.05, 0) is 36.8 Å². The summed E-state index contributed by atoms with van der Waals surface area (Å²) in [7, 11) is 1.83. The van der Waals surface area contributed by atoms with Crippen LogP contribution >= 0.6 is 11.6 Å². The summed E-state index contributed by atoms with van der Waals surface area (Å²) >= 11 is 6.09. The van der Waals surface area contributed by atoms with E-state index >= 15 is 0 Å². The van der Waals surface area contributed by atoms with Crippen molar-refractivity contribution in [1.82, 2.24) is 15.0 Å². The number of benzene rings is 1. The largest absolute Gasteiger partial charge is 0.373 e. The smallest absolute Gasteiger partial charge is 0.129 e. The van der Waals surface area contributed by atoms with Crippen LogP contribution in [-0.2, 0) is 0 Å². The molecule has 21 heavy (non-hydrogen) atoms. The molecule has 0 amide bonds. The molecule has 0 atom stereocenters. The third-order valence-electron chi connectivity index (χ3n) is 3.37. The number of nitrogens with one attached hydrogen (secondary N) is 2. The predicted molar refractivity (Wildman–Crippen MR) is 86.5 cm³/mol. The first-order chi connectivity index (χ1) is 10.2. The Bertz CT molecular complexity index is 779. The van der Waals surface area contributed by atoms with Crippen LogP contribution in [0.15, 0.2) is 42.7 Å². The minimum absolute atomic E-state index is 0.728. The Morgan fingerprint density at radius 1 is 1.05 bits per heavy atom. The molecule has 0 saturated heterocycles. The molecule has 0 aliphatic heterocycles. The lowest BCUT2D eigenvalue weighted by atomic mass is 10.1. The number of nitrogens with zero attached hydrogens (tertiary/aromatic N) is 2. The highest BCUT2D eigenvalue weighted by atomic mass is 35.5. The van der Waals surface area contributed by atoms with Crippen molar-refractivity contribution in [2.24, 2.45) is 0 Å². The summed E-state index contributed by atoms with van der Waals surface area (Å²) in [6.45, 7) is 2.07. The van der Waals surface area contributed by atoms with Gasteiger partial charge in [-0.2, -0.15) is 0 Å². The molecule has 0 fully saturated rings. The molecule has 1 aromatic carbocycles. The number of aromatic nitrogens is 3. The lowest BCUT2D eigenvalue weighted by molar-refractivity contribution is 1.15. The van der Waals surface area contributed by atoms with E-state index in [0.717, 1.165) is 33.5 Å². The number of aryl methyl sites for hydroxylation is 1. The maximum absolute atomic E-state index is 6.09. The molecule has 2 heterocycles. The molecule has 3 rings (SSSR count). The van der Waals surface area contributed by atoms with Crippen molar-refractivity contribution >= 4 is 17.4 Å². The highest BCUT2D eigenvalue weighted by Crippen LogP contribution is 2.28. The van der Waals surface area contributed by atoms with Crippen molar-refractivity contribution < 1.29 is 0 Å². The monoisotopic (exact) mass is 298 g/mol. The van der Waals surface area contributed by atoms with Gasteiger partial charge in [-0.25, -0.2) is 9.97 Å². The molecule has 0 unspecified atom stereocenters. The molecule has 0 spiro atoms. The predicted octanol–water partition coefficient (Wildman–Crippen LogP) is 4.14.